The summed E-state index contributed by atoms with van der Waals surface area (Å²) in [6.45, 7) is 3.48. The molecule has 0 bridgehead atoms. The van der Waals surface area contributed by atoms with Crippen LogP contribution >= 0.6 is 0 Å². The van der Waals surface area contributed by atoms with Crippen molar-refractivity contribution in [2.45, 2.75) is 24.7 Å². The Balaban J connectivity index is 1.40. The molecule has 0 aliphatic heterocycles. The van der Waals surface area contributed by atoms with Crippen LogP contribution in [0.1, 0.15) is 66.4 Å². The largest absolute Gasteiger partial charge is 0.310 e. The second-order valence-corrected chi connectivity index (χ2v) is 13.6. The van der Waals surface area contributed by atoms with Gasteiger partial charge in [-0.2, -0.15) is 0 Å². The van der Waals surface area contributed by atoms with Crippen molar-refractivity contribution in [3.63, 3.8) is 0 Å². The van der Waals surface area contributed by atoms with Crippen LogP contribution < -0.4 is 4.90 Å². The average molecular weight is 692 g/mol. The van der Waals surface area contributed by atoms with Crippen LogP contribution in [0.2, 0.25) is 0 Å². The van der Waals surface area contributed by atoms with Crippen LogP contribution in [0.15, 0.2) is 200 Å². The summed E-state index contributed by atoms with van der Waals surface area (Å²) < 4.78 is 133. The number of nitrogens with zero attached hydrogens (tertiary/aromatic N) is 1. The molecule has 0 spiro atoms. The van der Waals surface area contributed by atoms with Crippen molar-refractivity contribution in [3.8, 4) is 33.4 Å². The first-order valence-corrected chi connectivity index (χ1v) is 17.5. The van der Waals surface area contributed by atoms with Crippen LogP contribution in [0.5, 0.6) is 0 Å². The van der Waals surface area contributed by atoms with Gasteiger partial charge in [-0.25, -0.2) is 0 Å². The fourth-order valence-electron chi connectivity index (χ4n) is 8.14. The summed E-state index contributed by atoms with van der Waals surface area (Å²) in [5.41, 5.74) is -0.375. The van der Waals surface area contributed by atoms with Gasteiger partial charge in [0.15, 0.2) is 0 Å². The molecule has 252 valence electrons. The van der Waals surface area contributed by atoms with Crippen molar-refractivity contribution in [1.82, 2.24) is 0 Å². The molecule has 0 N–H and O–H groups in total. The van der Waals surface area contributed by atoms with Gasteiger partial charge in [-0.05, 0) is 105 Å². The fraction of sp³-hybridized carbons (Fsp3) is 0.0769. The molecule has 0 heterocycles. The maximum absolute atomic E-state index is 10.4. The molecule has 0 saturated heterocycles. The normalized spacial score (nSPS) is 21.5. The number of hydrogen-bond acceptors (Lipinski definition) is 1. The lowest BCUT2D eigenvalue weighted by Gasteiger charge is -2.33. The lowest BCUT2D eigenvalue weighted by Crippen LogP contribution is -2.23. The zero-order valence-electron chi connectivity index (χ0n) is 42.9. The number of benzene rings is 8. The van der Waals surface area contributed by atoms with Crippen molar-refractivity contribution < 1.29 is 19.2 Å². The molecule has 0 fully saturated rings. The number of fused-ring (bicyclic) bond motifs is 6. The summed E-state index contributed by atoms with van der Waals surface area (Å²) in [7, 11) is 0. The Morgan fingerprint density at radius 1 is 0.396 bits per heavy atom. The van der Waals surface area contributed by atoms with Crippen LogP contribution in [0.4, 0.5) is 17.1 Å². The standard InChI is InChI=1S/C52H39N/c1-51(37-20-8-4-9-21-37)46-27-15-12-25-42(46)44-32-30-39(34-48(44)51)53(50-29-17-14-24-41(50)36-18-6-3-7-19-36)40-31-33-45-43-26-13-16-28-47(43)52(2,49(45)35-40)38-22-10-5-11-23-38/h3-35H,1-2H3/i12D,13D,15D,16D,25D,26D,27D,28D,30D,31D,32D,33D,34D,35D. The summed E-state index contributed by atoms with van der Waals surface area (Å²) in [4.78, 5) is 1.40. The predicted molar refractivity (Wildman–Crippen MR) is 221 cm³/mol. The highest BCUT2D eigenvalue weighted by atomic mass is 15.1. The van der Waals surface area contributed by atoms with Crippen molar-refractivity contribution in [1.29, 1.82) is 0 Å². The van der Waals surface area contributed by atoms with Gasteiger partial charge in [0.05, 0.1) is 24.9 Å². The predicted octanol–water partition coefficient (Wildman–Crippen LogP) is 13.5. The molecule has 2 aliphatic rings. The first kappa shape index (κ1) is 20.0. The van der Waals surface area contributed by atoms with E-state index in [2.05, 4.69) is 0 Å². The Hall–Kier alpha value is -6.44. The highest BCUT2D eigenvalue weighted by Crippen LogP contribution is 2.56. The van der Waals surface area contributed by atoms with Gasteiger partial charge in [0.2, 0.25) is 0 Å². The summed E-state index contributed by atoms with van der Waals surface area (Å²) in [6, 6.07) is 27.8. The average Bonchev–Trinajstić information content (AvgIpc) is 3.80. The molecule has 2 unspecified atom stereocenters. The molecule has 0 saturated carbocycles. The van der Waals surface area contributed by atoms with Gasteiger partial charge < -0.3 is 4.90 Å². The third-order valence-electron chi connectivity index (χ3n) is 10.9. The van der Waals surface area contributed by atoms with Crippen LogP contribution in [0, 0.1) is 0 Å². The molecule has 0 amide bonds. The number of anilines is 3. The van der Waals surface area contributed by atoms with E-state index in [0.717, 1.165) is 0 Å². The van der Waals surface area contributed by atoms with E-state index < -0.39 is 71.3 Å². The second-order valence-electron chi connectivity index (χ2n) is 13.6. The lowest BCUT2D eigenvalue weighted by molar-refractivity contribution is 0.713. The van der Waals surface area contributed by atoms with E-state index in [-0.39, 0.29) is 85.7 Å². The quantitative estimate of drug-likeness (QED) is 0.168. The van der Waals surface area contributed by atoms with E-state index in [0.29, 0.717) is 22.3 Å². The summed E-state index contributed by atoms with van der Waals surface area (Å²) >= 11 is 0. The summed E-state index contributed by atoms with van der Waals surface area (Å²) in [5.74, 6) is 0. The first-order chi connectivity index (χ1) is 31.9. The monoisotopic (exact) mass is 691 g/mol. The van der Waals surface area contributed by atoms with Gasteiger partial charge in [-0.3, -0.25) is 0 Å². The molecule has 0 radical (unpaired) electrons. The van der Waals surface area contributed by atoms with Crippen LogP contribution in [0.25, 0.3) is 33.4 Å². The Kier molecular flexibility index (Phi) is 4.55. The molecule has 1 nitrogen and oxygen atoms in total. The van der Waals surface area contributed by atoms with Crippen molar-refractivity contribution in [3.05, 3.63) is 233 Å². The number of para-hydroxylation sites is 1. The van der Waals surface area contributed by atoms with E-state index in [1.165, 1.54) is 4.90 Å². The SMILES string of the molecule is [2H]c1c([2H])c([2H])c2c(c1[2H])-c1c([2H])c([2H])c(N(c3ccccc3-c3ccccc3)c3c([2H])c([2H])c4c(c3[2H])C(C)(c3ccccc3)c3c([2H])c([2H])c([2H])c([2H])c3-4)c([2H])c1C2(C)c1ccccc1. The Bertz CT molecular complexity index is 3250. The second kappa shape index (κ2) is 12.1. The molecule has 8 aromatic rings. The topological polar surface area (TPSA) is 3.24 Å². The summed E-state index contributed by atoms with van der Waals surface area (Å²) in [6.07, 6.45) is 0. The smallest absolute Gasteiger partial charge is 0.0649 e. The van der Waals surface area contributed by atoms with Crippen molar-refractivity contribution in [2.24, 2.45) is 0 Å². The molecule has 53 heavy (non-hydrogen) atoms. The maximum Gasteiger partial charge on any atom is 0.0649 e. The Morgan fingerprint density at radius 2 is 0.811 bits per heavy atom. The highest BCUT2D eigenvalue weighted by Gasteiger charge is 2.43. The third kappa shape index (κ3) is 4.64. The molecule has 1 heteroatoms. The van der Waals surface area contributed by atoms with E-state index >= 15 is 0 Å². The maximum atomic E-state index is 10.4. The molecule has 10 rings (SSSR count). The summed E-state index contributed by atoms with van der Waals surface area (Å²) in [5, 5.41) is 0. The van der Waals surface area contributed by atoms with Crippen LogP contribution in [-0.2, 0) is 10.8 Å². The molecule has 2 atom stereocenters. The highest BCUT2D eigenvalue weighted by molar-refractivity contribution is 5.93. The number of rotatable bonds is 6. The van der Waals surface area contributed by atoms with Crippen molar-refractivity contribution in [2.75, 3.05) is 4.90 Å². The van der Waals surface area contributed by atoms with Gasteiger partial charge in [-0.1, -0.05) is 170 Å². The van der Waals surface area contributed by atoms with E-state index in [4.69, 9.17) is 5.48 Å². The molecule has 2 aliphatic carbocycles. The third-order valence-corrected chi connectivity index (χ3v) is 10.9. The van der Waals surface area contributed by atoms with E-state index in [1.807, 2.05) is 36.4 Å². The Morgan fingerprint density at radius 3 is 1.32 bits per heavy atom. The van der Waals surface area contributed by atoms with E-state index in [9.17, 15) is 13.7 Å². The minimum absolute atomic E-state index is 0.00629. The molecular formula is C52H39N. The zero-order chi connectivity index (χ0) is 47.8. The van der Waals surface area contributed by atoms with E-state index in [1.54, 1.807) is 92.7 Å². The van der Waals surface area contributed by atoms with Gasteiger partial charge in [0.1, 0.15) is 0 Å². The zero-order valence-corrected chi connectivity index (χ0v) is 28.9. The van der Waals surface area contributed by atoms with Gasteiger partial charge in [0, 0.05) is 27.8 Å². The van der Waals surface area contributed by atoms with Gasteiger partial charge in [0.25, 0.3) is 0 Å². The fourth-order valence-corrected chi connectivity index (χ4v) is 8.14. The van der Waals surface area contributed by atoms with Crippen LogP contribution in [-0.4, -0.2) is 0 Å². The van der Waals surface area contributed by atoms with Gasteiger partial charge in [-0.15, -0.1) is 0 Å². The lowest BCUT2D eigenvalue weighted by atomic mass is 9.74. The van der Waals surface area contributed by atoms with Crippen LogP contribution in [0.3, 0.4) is 0 Å². The van der Waals surface area contributed by atoms with Gasteiger partial charge >= 0.3 is 0 Å². The Labute approximate surface area is 332 Å². The minimum atomic E-state index is -1.50. The molecule has 0 aromatic heterocycles. The molecular weight excluding hydrogens is 639 g/mol. The first-order valence-electron chi connectivity index (χ1n) is 24.5. The molecule has 8 aromatic carbocycles. The minimum Gasteiger partial charge on any atom is -0.310 e. The number of hydrogen-bond donors (Lipinski definition) is 0. The van der Waals surface area contributed by atoms with Crippen molar-refractivity contribution >= 4 is 17.1 Å².